The molecule has 0 saturated carbocycles. The van der Waals surface area contributed by atoms with Gasteiger partial charge in [-0.3, -0.25) is 4.79 Å². The van der Waals surface area contributed by atoms with Gasteiger partial charge in [0.2, 0.25) is 0 Å². The maximum atomic E-state index is 13.2. The summed E-state index contributed by atoms with van der Waals surface area (Å²) in [6, 6.07) is 17.6. The fourth-order valence-electron chi connectivity index (χ4n) is 3.74. The minimum atomic E-state index is -0.552. The van der Waals surface area contributed by atoms with Crippen molar-refractivity contribution in [3.63, 3.8) is 0 Å². The Morgan fingerprint density at radius 1 is 1.04 bits per heavy atom. The Kier molecular flexibility index (Phi) is 6.00. The highest BCUT2D eigenvalue weighted by Crippen LogP contribution is 2.38. The van der Waals surface area contributed by atoms with Gasteiger partial charge in [0.05, 0.1) is 5.92 Å². The first-order chi connectivity index (χ1) is 12.5. The topological polar surface area (TPSA) is 38.3 Å². The summed E-state index contributed by atoms with van der Waals surface area (Å²) in [6.07, 6.45) is 1.57. The van der Waals surface area contributed by atoms with Gasteiger partial charge in [0.15, 0.2) is 0 Å². The molecule has 0 amide bonds. The Morgan fingerprint density at radius 3 is 2.23 bits per heavy atom. The quantitative estimate of drug-likeness (QED) is 0.759. The number of hydrogen-bond acceptors (Lipinski definition) is 3. The lowest BCUT2D eigenvalue weighted by Crippen LogP contribution is -2.44. The first-order valence-electron chi connectivity index (χ1n) is 9.26. The van der Waals surface area contributed by atoms with Crippen LogP contribution < -0.4 is 5.32 Å². The van der Waals surface area contributed by atoms with Gasteiger partial charge in [-0.25, -0.2) is 0 Å². The molecule has 1 fully saturated rings. The number of nitrogens with one attached hydrogen (secondary N) is 1. The molecule has 3 nitrogen and oxygen atoms in total. The van der Waals surface area contributed by atoms with Gasteiger partial charge in [-0.05, 0) is 42.3 Å². The van der Waals surface area contributed by atoms with Gasteiger partial charge >= 0.3 is 5.97 Å². The number of hydrogen-bond donors (Lipinski definition) is 1. The maximum absolute atomic E-state index is 13.2. The third-order valence-corrected chi connectivity index (χ3v) is 5.41. The number of carbonyl (C=O) groups excluding carboxylic acids is 1. The molecule has 2 aromatic carbocycles. The molecule has 0 aliphatic carbocycles. The van der Waals surface area contributed by atoms with Gasteiger partial charge in [0.25, 0.3) is 0 Å². The van der Waals surface area contributed by atoms with E-state index in [1.807, 2.05) is 42.5 Å². The van der Waals surface area contributed by atoms with E-state index in [0.29, 0.717) is 5.02 Å². The van der Waals surface area contributed by atoms with E-state index in [4.69, 9.17) is 16.3 Å². The van der Waals surface area contributed by atoms with Crippen LogP contribution in [0.25, 0.3) is 0 Å². The number of rotatable bonds is 5. The summed E-state index contributed by atoms with van der Waals surface area (Å²) in [5.74, 6) is -0.325. The Bertz CT molecular complexity index is 722. The largest absolute Gasteiger partial charge is 0.454 e. The Hall–Kier alpha value is -1.84. The van der Waals surface area contributed by atoms with E-state index in [2.05, 4.69) is 31.3 Å². The molecule has 1 saturated heterocycles. The van der Waals surface area contributed by atoms with Crippen LogP contribution in [0.3, 0.4) is 0 Å². The predicted octanol–water partition coefficient (Wildman–Crippen LogP) is 4.90. The van der Waals surface area contributed by atoms with Crippen LogP contribution in [0.4, 0.5) is 0 Å². The lowest BCUT2D eigenvalue weighted by molar-refractivity contribution is -0.167. The molecule has 1 N–H and O–H groups in total. The highest BCUT2D eigenvalue weighted by molar-refractivity contribution is 6.30. The molecule has 0 radical (unpaired) electrons. The third-order valence-electron chi connectivity index (χ3n) is 5.16. The molecule has 1 aliphatic rings. The van der Waals surface area contributed by atoms with E-state index in [1.54, 1.807) is 0 Å². The first-order valence-corrected chi connectivity index (χ1v) is 9.64. The second-order valence-corrected chi connectivity index (χ2v) is 7.74. The Morgan fingerprint density at radius 2 is 1.65 bits per heavy atom. The first kappa shape index (κ1) is 18.9. The van der Waals surface area contributed by atoms with Gasteiger partial charge in [0.1, 0.15) is 5.60 Å². The molecule has 26 heavy (non-hydrogen) atoms. The summed E-state index contributed by atoms with van der Waals surface area (Å²) in [5, 5.41) is 4.04. The van der Waals surface area contributed by atoms with Crippen LogP contribution in [0, 0.1) is 5.92 Å². The average molecular weight is 372 g/mol. The van der Waals surface area contributed by atoms with Crippen molar-refractivity contribution in [3.05, 3.63) is 70.7 Å². The molecule has 2 aromatic rings. The van der Waals surface area contributed by atoms with Gasteiger partial charge in [-0.1, -0.05) is 67.9 Å². The molecular formula is C22H26ClNO2. The molecule has 3 rings (SSSR count). The second kappa shape index (κ2) is 8.24. The van der Waals surface area contributed by atoms with Gasteiger partial charge < -0.3 is 10.1 Å². The van der Waals surface area contributed by atoms with Crippen LogP contribution in [-0.4, -0.2) is 19.1 Å². The Balaban J connectivity index is 1.89. The highest BCUT2D eigenvalue weighted by Gasteiger charge is 2.40. The zero-order valence-electron chi connectivity index (χ0n) is 15.4. The van der Waals surface area contributed by atoms with Crippen LogP contribution >= 0.6 is 11.6 Å². The maximum Gasteiger partial charge on any atom is 0.314 e. The molecule has 1 heterocycles. The lowest BCUT2D eigenvalue weighted by Gasteiger charge is -2.39. The van der Waals surface area contributed by atoms with E-state index in [-0.39, 0.29) is 17.8 Å². The van der Waals surface area contributed by atoms with Gasteiger partial charge in [-0.2, -0.15) is 0 Å². The fourth-order valence-corrected chi connectivity index (χ4v) is 3.87. The SMILES string of the molecule is CC(C)C(C(=O)OC1(c2ccccc2)CCNCC1)c1ccc(Cl)cc1. The minimum absolute atomic E-state index is 0.137. The lowest BCUT2D eigenvalue weighted by atomic mass is 9.83. The van der Waals surface area contributed by atoms with Crippen molar-refractivity contribution in [2.24, 2.45) is 5.92 Å². The summed E-state index contributed by atoms with van der Waals surface area (Å²) in [4.78, 5) is 13.2. The van der Waals surface area contributed by atoms with Crippen molar-refractivity contribution in [2.45, 2.75) is 38.2 Å². The van der Waals surface area contributed by atoms with E-state index in [9.17, 15) is 4.79 Å². The summed E-state index contributed by atoms with van der Waals surface area (Å²) in [6.45, 7) is 5.79. The van der Waals surface area contributed by atoms with Crippen molar-refractivity contribution in [1.29, 1.82) is 0 Å². The molecular weight excluding hydrogens is 346 g/mol. The van der Waals surface area contributed by atoms with E-state index in [1.165, 1.54) is 0 Å². The summed E-state index contributed by atoms with van der Waals surface area (Å²) in [5.41, 5.74) is 1.48. The number of carbonyl (C=O) groups is 1. The van der Waals surface area contributed by atoms with E-state index in [0.717, 1.165) is 37.1 Å². The number of benzene rings is 2. The standard InChI is InChI=1S/C22H26ClNO2/c1-16(2)20(17-8-10-19(23)11-9-17)21(25)26-22(12-14-24-15-13-22)18-6-4-3-5-7-18/h3-11,16,20,24H,12-15H2,1-2H3. The highest BCUT2D eigenvalue weighted by atomic mass is 35.5. The second-order valence-electron chi connectivity index (χ2n) is 7.30. The third kappa shape index (κ3) is 4.11. The zero-order chi connectivity index (χ0) is 18.6. The molecule has 0 aromatic heterocycles. The van der Waals surface area contributed by atoms with Crippen molar-refractivity contribution >= 4 is 17.6 Å². The fraction of sp³-hybridized carbons (Fsp3) is 0.409. The summed E-state index contributed by atoms with van der Waals surface area (Å²) >= 11 is 6.01. The molecule has 138 valence electrons. The number of halogens is 1. The van der Waals surface area contributed by atoms with Crippen molar-refractivity contribution < 1.29 is 9.53 Å². The number of ether oxygens (including phenoxy) is 1. The van der Waals surface area contributed by atoms with Gasteiger partial charge in [-0.15, -0.1) is 0 Å². The van der Waals surface area contributed by atoms with E-state index < -0.39 is 5.60 Å². The molecule has 1 aliphatic heterocycles. The number of piperidine rings is 1. The van der Waals surface area contributed by atoms with Crippen LogP contribution in [0.1, 0.15) is 43.7 Å². The molecule has 0 spiro atoms. The van der Waals surface area contributed by atoms with Crippen LogP contribution in [0.5, 0.6) is 0 Å². The predicted molar refractivity (Wildman–Crippen MR) is 105 cm³/mol. The van der Waals surface area contributed by atoms with Crippen LogP contribution in [0.15, 0.2) is 54.6 Å². The summed E-state index contributed by atoms with van der Waals surface area (Å²) in [7, 11) is 0. The smallest absolute Gasteiger partial charge is 0.314 e. The van der Waals surface area contributed by atoms with Crippen molar-refractivity contribution in [2.75, 3.05) is 13.1 Å². The van der Waals surface area contributed by atoms with Crippen molar-refractivity contribution in [3.8, 4) is 0 Å². The average Bonchev–Trinajstić information content (AvgIpc) is 2.65. The molecule has 0 bridgehead atoms. The number of esters is 1. The van der Waals surface area contributed by atoms with Crippen molar-refractivity contribution in [1.82, 2.24) is 5.32 Å². The molecule has 4 heteroatoms. The Labute approximate surface area is 160 Å². The minimum Gasteiger partial charge on any atom is -0.454 e. The van der Waals surface area contributed by atoms with Gasteiger partial charge in [0, 0.05) is 17.9 Å². The van der Waals surface area contributed by atoms with E-state index >= 15 is 0 Å². The monoisotopic (exact) mass is 371 g/mol. The molecule has 1 atom stereocenters. The zero-order valence-corrected chi connectivity index (χ0v) is 16.1. The summed E-state index contributed by atoms with van der Waals surface area (Å²) < 4.78 is 6.26. The van der Waals surface area contributed by atoms with Crippen LogP contribution in [-0.2, 0) is 15.1 Å². The normalized spacial score (nSPS) is 17.7. The molecule has 1 unspecified atom stereocenters. The van der Waals surface area contributed by atoms with Crippen LogP contribution in [0.2, 0.25) is 5.02 Å².